The molecule has 2 fully saturated rings. The van der Waals surface area contributed by atoms with Crippen LogP contribution >= 0.6 is 22.9 Å². The molecule has 2 aliphatic heterocycles. The largest absolute Gasteiger partial charge is 0.464 e. The average molecular weight is 558 g/mol. The number of amides is 2. The van der Waals surface area contributed by atoms with Gasteiger partial charge in [0.05, 0.1) is 31.0 Å². The Morgan fingerprint density at radius 1 is 1.08 bits per heavy atom. The predicted molar refractivity (Wildman–Crippen MR) is 144 cm³/mol. The van der Waals surface area contributed by atoms with Gasteiger partial charge in [0.1, 0.15) is 6.61 Å². The van der Waals surface area contributed by atoms with Gasteiger partial charge in [-0.3, -0.25) is 24.8 Å². The van der Waals surface area contributed by atoms with Crippen LogP contribution < -0.4 is 15.0 Å². The summed E-state index contributed by atoms with van der Waals surface area (Å²) >= 11 is 7.04. The zero-order chi connectivity index (χ0) is 26.3. The molecule has 0 saturated carbocycles. The lowest BCUT2D eigenvalue weighted by Gasteiger charge is -2.37. The van der Waals surface area contributed by atoms with Crippen LogP contribution in [0.3, 0.4) is 0 Å². The molecule has 4 heterocycles. The van der Waals surface area contributed by atoms with Crippen LogP contribution in [-0.4, -0.2) is 95.8 Å². The number of carbonyl (C=O) groups is 2. The first-order chi connectivity index (χ1) is 18.5. The molecule has 2 amide bonds. The van der Waals surface area contributed by atoms with E-state index in [1.165, 1.54) is 6.20 Å². The minimum Gasteiger partial charge on any atom is -0.464 e. The molecule has 13 heteroatoms. The van der Waals surface area contributed by atoms with Crippen molar-refractivity contribution in [3.8, 4) is 5.19 Å². The van der Waals surface area contributed by atoms with E-state index in [0.29, 0.717) is 52.8 Å². The van der Waals surface area contributed by atoms with Crippen LogP contribution in [0.2, 0.25) is 5.02 Å². The second kappa shape index (κ2) is 12.5. The van der Waals surface area contributed by atoms with Gasteiger partial charge in [0, 0.05) is 56.7 Å². The van der Waals surface area contributed by atoms with Gasteiger partial charge in [-0.05, 0) is 35.1 Å². The van der Waals surface area contributed by atoms with Crippen molar-refractivity contribution in [2.45, 2.75) is 6.61 Å². The van der Waals surface area contributed by atoms with Crippen LogP contribution in [0, 0.1) is 0 Å². The monoisotopic (exact) mass is 557 g/mol. The van der Waals surface area contributed by atoms with Crippen LogP contribution in [0.25, 0.3) is 0 Å². The topological polar surface area (TPSA) is 113 Å². The smallest absolute Gasteiger partial charge is 0.296 e. The quantitative estimate of drug-likeness (QED) is 0.423. The second-order valence-corrected chi connectivity index (χ2v) is 10.3. The molecular weight excluding hydrogens is 530 g/mol. The SMILES string of the molecule is O=C(Nc1nnc(OCc2ccc(Cl)cc2)s1)c1cnccc1N1CCN(CCN2CCOCC2)C(=O)C1. The van der Waals surface area contributed by atoms with Gasteiger partial charge in [0.15, 0.2) is 0 Å². The Balaban J connectivity index is 1.16. The summed E-state index contributed by atoms with van der Waals surface area (Å²) < 4.78 is 11.1. The number of hydrogen-bond donors (Lipinski definition) is 1. The number of benzene rings is 1. The molecule has 38 heavy (non-hydrogen) atoms. The van der Waals surface area contributed by atoms with Crippen LogP contribution in [0.15, 0.2) is 42.7 Å². The summed E-state index contributed by atoms with van der Waals surface area (Å²) in [5, 5.41) is 12.1. The van der Waals surface area contributed by atoms with Gasteiger partial charge >= 0.3 is 0 Å². The molecule has 0 spiro atoms. The molecule has 2 aromatic heterocycles. The molecule has 0 radical (unpaired) electrons. The number of hydrogen-bond acceptors (Lipinski definition) is 10. The highest BCUT2D eigenvalue weighted by molar-refractivity contribution is 7.17. The van der Waals surface area contributed by atoms with Crippen LogP contribution in [0.5, 0.6) is 5.19 Å². The normalized spacial score (nSPS) is 16.5. The molecular formula is C25H28ClN7O4S. The van der Waals surface area contributed by atoms with Crippen molar-refractivity contribution >= 4 is 45.6 Å². The maximum atomic E-state index is 13.1. The van der Waals surface area contributed by atoms with E-state index in [2.05, 4.69) is 25.4 Å². The highest BCUT2D eigenvalue weighted by Gasteiger charge is 2.27. The zero-order valence-electron chi connectivity index (χ0n) is 20.7. The minimum absolute atomic E-state index is 0.0410. The number of rotatable bonds is 9. The van der Waals surface area contributed by atoms with Crippen LogP contribution in [0.4, 0.5) is 10.8 Å². The van der Waals surface area contributed by atoms with Crippen LogP contribution in [0.1, 0.15) is 15.9 Å². The third-order valence-corrected chi connectivity index (χ3v) is 7.40. The fourth-order valence-electron chi connectivity index (χ4n) is 4.28. The van der Waals surface area contributed by atoms with Crippen molar-refractivity contribution in [2.24, 2.45) is 0 Å². The van der Waals surface area contributed by atoms with Crippen molar-refractivity contribution in [1.82, 2.24) is 25.0 Å². The van der Waals surface area contributed by atoms with E-state index >= 15 is 0 Å². The molecule has 1 aromatic carbocycles. The minimum atomic E-state index is -0.379. The van der Waals surface area contributed by atoms with E-state index in [1.54, 1.807) is 24.4 Å². The fraction of sp³-hybridized carbons (Fsp3) is 0.400. The highest BCUT2D eigenvalue weighted by Crippen LogP contribution is 2.26. The van der Waals surface area contributed by atoms with Gasteiger partial charge < -0.3 is 19.3 Å². The maximum Gasteiger partial charge on any atom is 0.296 e. The van der Waals surface area contributed by atoms with Crippen LogP contribution in [-0.2, 0) is 16.1 Å². The summed E-state index contributed by atoms with van der Waals surface area (Å²) in [7, 11) is 0. The van der Waals surface area contributed by atoms with Gasteiger partial charge in [-0.1, -0.05) is 28.8 Å². The Labute approximate surface area is 229 Å². The lowest BCUT2D eigenvalue weighted by molar-refractivity contribution is -0.131. The lowest BCUT2D eigenvalue weighted by atomic mass is 10.1. The summed E-state index contributed by atoms with van der Waals surface area (Å²) in [6.07, 6.45) is 3.12. The van der Waals surface area contributed by atoms with E-state index in [0.717, 1.165) is 49.7 Å². The molecule has 1 N–H and O–H groups in total. The number of anilines is 2. The molecule has 2 saturated heterocycles. The Morgan fingerprint density at radius 3 is 2.68 bits per heavy atom. The first-order valence-electron chi connectivity index (χ1n) is 12.3. The molecule has 200 valence electrons. The summed E-state index contributed by atoms with van der Waals surface area (Å²) in [4.78, 5) is 36.3. The van der Waals surface area contributed by atoms with Gasteiger partial charge in [0.2, 0.25) is 11.0 Å². The average Bonchev–Trinajstić information content (AvgIpc) is 3.39. The molecule has 0 atom stereocenters. The van der Waals surface area contributed by atoms with E-state index in [1.807, 2.05) is 21.9 Å². The summed E-state index contributed by atoms with van der Waals surface area (Å²) in [5.41, 5.74) is 1.95. The van der Waals surface area contributed by atoms with E-state index < -0.39 is 0 Å². The number of aromatic nitrogens is 3. The van der Waals surface area contributed by atoms with E-state index in [4.69, 9.17) is 21.1 Å². The number of piperazine rings is 1. The number of morpholine rings is 1. The molecule has 0 aliphatic carbocycles. The number of pyridine rings is 1. The number of nitrogens with one attached hydrogen (secondary N) is 1. The molecule has 2 aliphatic rings. The Kier molecular flexibility index (Phi) is 8.64. The van der Waals surface area contributed by atoms with Gasteiger partial charge in [-0.25, -0.2) is 0 Å². The Hall–Kier alpha value is -3.32. The first-order valence-corrected chi connectivity index (χ1v) is 13.5. The maximum absolute atomic E-state index is 13.1. The lowest BCUT2D eigenvalue weighted by Crippen LogP contribution is -2.53. The van der Waals surface area contributed by atoms with Crippen molar-refractivity contribution in [1.29, 1.82) is 0 Å². The molecule has 0 unspecified atom stereocenters. The molecule has 11 nitrogen and oxygen atoms in total. The Morgan fingerprint density at radius 2 is 1.89 bits per heavy atom. The number of carbonyl (C=O) groups excluding carboxylic acids is 2. The summed E-state index contributed by atoms with van der Waals surface area (Å²) in [5.74, 6) is -0.338. The second-order valence-electron chi connectivity index (χ2n) is 8.89. The standard InChI is InChI=1S/C25H28ClN7O4S/c26-19-3-1-18(2-4-19)17-37-25-30-29-24(38-25)28-23(35)20-15-27-6-5-21(20)33-10-9-32(22(34)16-33)8-7-31-11-13-36-14-12-31/h1-6,15H,7-14,16-17H2,(H,28,29,35). The van der Waals surface area contributed by atoms with Crippen molar-refractivity contribution in [2.75, 3.05) is 69.2 Å². The number of ether oxygens (including phenoxy) is 2. The number of nitrogens with zero attached hydrogens (tertiary/aromatic N) is 6. The van der Waals surface area contributed by atoms with Crippen molar-refractivity contribution in [3.63, 3.8) is 0 Å². The van der Waals surface area contributed by atoms with Crippen molar-refractivity contribution < 1.29 is 19.1 Å². The predicted octanol–water partition coefficient (Wildman–Crippen LogP) is 2.40. The fourth-order valence-corrected chi connectivity index (χ4v) is 5.00. The summed E-state index contributed by atoms with van der Waals surface area (Å²) in [6.45, 7) is 6.53. The van der Waals surface area contributed by atoms with Gasteiger partial charge in [0.25, 0.3) is 11.1 Å². The van der Waals surface area contributed by atoms with Crippen molar-refractivity contribution in [3.05, 3.63) is 58.9 Å². The third-order valence-electron chi connectivity index (χ3n) is 6.39. The first kappa shape index (κ1) is 26.3. The third kappa shape index (κ3) is 6.76. The Bertz CT molecular complexity index is 1250. The number of halogens is 1. The van der Waals surface area contributed by atoms with E-state index in [9.17, 15) is 9.59 Å². The van der Waals surface area contributed by atoms with Gasteiger partial charge in [-0.2, -0.15) is 0 Å². The summed E-state index contributed by atoms with van der Waals surface area (Å²) in [6, 6.07) is 9.06. The molecule has 5 rings (SSSR count). The molecule has 3 aromatic rings. The highest BCUT2D eigenvalue weighted by atomic mass is 35.5. The van der Waals surface area contributed by atoms with Gasteiger partial charge in [-0.15, -0.1) is 5.10 Å². The zero-order valence-corrected chi connectivity index (χ0v) is 22.3. The van der Waals surface area contributed by atoms with E-state index in [-0.39, 0.29) is 18.4 Å². The molecule has 0 bridgehead atoms.